The number of methoxy groups -OCH3 is 1. The number of ether oxygens (including phenoxy) is 1. The quantitative estimate of drug-likeness (QED) is 0.436. The lowest BCUT2D eigenvalue weighted by atomic mass is 10.3. The zero-order valence-electron chi connectivity index (χ0n) is 11.2. The predicted molar refractivity (Wildman–Crippen MR) is 79.9 cm³/mol. The van der Waals surface area contributed by atoms with Crippen LogP contribution in [0.2, 0.25) is 0 Å². The second-order valence-corrected chi connectivity index (χ2v) is 5.78. The summed E-state index contributed by atoms with van der Waals surface area (Å²) >= 11 is 2.53. The highest BCUT2D eigenvalue weighted by molar-refractivity contribution is 7.91. The second kappa shape index (κ2) is 7.51. The molecule has 6 nitrogen and oxygen atoms in total. The van der Waals surface area contributed by atoms with Crippen molar-refractivity contribution in [3.05, 3.63) is 18.2 Å². The van der Waals surface area contributed by atoms with Gasteiger partial charge in [-0.2, -0.15) is 13.2 Å². The van der Waals surface area contributed by atoms with Crippen molar-refractivity contribution in [2.75, 3.05) is 23.9 Å². The molecule has 1 aromatic carbocycles. The van der Waals surface area contributed by atoms with E-state index in [4.69, 9.17) is 18.0 Å². The minimum absolute atomic E-state index is 0.0742. The third-order valence-corrected chi connectivity index (χ3v) is 3.80. The number of carbonyl (C=O) groups is 1. The number of nitrogen functional groups attached to an aromatic ring is 1. The first-order chi connectivity index (χ1) is 10.1. The molecule has 1 amide bonds. The van der Waals surface area contributed by atoms with E-state index in [1.165, 1.54) is 18.2 Å². The van der Waals surface area contributed by atoms with Crippen LogP contribution in [0.1, 0.15) is 0 Å². The van der Waals surface area contributed by atoms with E-state index in [2.05, 4.69) is 15.4 Å². The molecule has 1 aromatic rings. The van der Waals surface area contributed by atoms with Gasteiger partial charge in [-0.05, 0) is 35.5 Å². The molecule has 122 valence electrons. The maximum absolute atomic E-state index is 12.2. The third kappa shape index (κ3) is 5.95. The number of thiocarbonyl (C=S) groups is 1. The van der Waals surface area contributed by atoms with Gasteiger partial charge in [0, 0.05) is 6.07 Å². The molecule has 0 radical (unpaired) electrons. The van der Waals surface area contributed by atoms with Gasteiger partial charge in [-0.1, -0.05) is 0 Å². The minimum Gasteiger partial charge on any atom is -0.611 e. The van der Waals surface area contributed by atoms with Crippen LogP contribution in [0.3, 0.4) is 0 Å². The molecule has 0 bridgehead atoms. The summed E-state index contributed by atoms with van der Waals surface area (Å²) in [4.78, 5) is 10.9. The predicted octanol–water partition coefficient (Wildman–Crippen LogP) is 1.99. The van der Waals surface area contributed by atoms with Crippen molar-refractivity contribution in [2.24, 2.45) is 0 Å². The van der Waals surface area contributed by atoms with E-state index in [0.717, 1.165) is 7.11 Å². The van der Waals surface area contributed by atoms with Crippen LogP contribution in [-0.2, 0) is 15.9 Å². The number of anilines is 2. The molecule has 1 unspecified atom stereocenters. The highest BCUT2D eigenvalue weighted by Gasteiger charge is 2.35. The Kier molecular flexibility index (Phi) is 6.26. The van der Waals surface area contributed by atoms with Gasteiger partial charge in [0.2, 0.25) is 5.75 Å². The summed E-state index contributed by atoms with van der Waals surface area (Å²) in [5, 5.41) is 4.48. The Morgan fingerprint density at radius 2 is 2.14 bits per heavy atom. The first-order valence-electron chi connectivity index (χ1n) is 5.63. The fourth-order valence-corrected chi connectivity index (χ4v) is 2.44. The van der Waals surface area contributed by atoms with Crippen LogP contribution in [0.4, 0.5) is 29.3 Å². The molecule has 0 fully saturated rings. The molecular formula is C11H12F3N3O3S2. The summed E-state index contributed by atoms with van der Waals surface area (Å²) in [6.07, 6.45) is -5.38. The van der Waals surface area contributed by atoms with Crippen LogP contribution in [0.15, 0.2) is 23.1 Å². The summed E-state index contributed by atoms with van der Waals surface area (Å²) in [7, 11) is 1.13. The number of nitrogens with one attached hydrogen (secondary N) is 2. The van der Waals surface area contributed by atoms with Crippen LogP contribution < -0.4 is 16.4 Å². The molecule has 1 rings (SSSR count). The van der Waals surface area contributed by atoms with Crippen molar-refractivity contribution >= 4 is 46.0 Å². The fourth-order valence-electron chi connectivity index (χ4n) is 1.31. The van der Waals surface area contributed by atoms with E-state index in [0.29, 0.717) is 0 Å². The second-order valence-electron chi connectivity index (χ2n) is 3.92. The van der Waals surface area contributed by atoms with E-state index in [1.807, 2.05) is 0 Å². The first kappa shape index (κ1) is 18.3. The molecule has 0 saturated carbocycles. The summed E-state index contributed by atoms with van der Waals surface area (Å²) in [6, 6.07) is 3.67. The molecule has 11 heteroatoms. The number of halogens is 3. The highest BCUT2D eigenvalue weighted by atomic mass is 32.2. The van der Waals surface area contributed by atoms with Crippen molar-refractivity contribution in [1.82, 2.24) is 5.32 Å². The standard InChI is InChI=1S/C11H12F3N3O3S2/c1-20-10(18)17-9(21)16-8-4-6(2-3-7(8)15)22(19)5-11(12,13)14/h2-4H,5,15H2,1H3,(H2,16,17,18,21). The summed E-state index contributed by atoms with van der Waals surface area (Å²) in [6.45, 7) is 0. The van der Waals surface area contributed by atoms with Gasteiger partial charge >= 0.3 is 12.3 Å². The Morgan fingerprint density at radius 1 is 1.50 bits per heavy atom. The molecule has 0 spiro atoms. The molecule has 0 aromatic heterocycles. The van der Waals surface area contributed by atoms with Gasteiger partial charge in [-0.3, -0.25) is 5.32 Å². The Labute approximate surface area is 132 Å². The van der Waals surface area contributed by atoms with Gasteiger partial charge < -0.3 is 20.3 Å². The third-order valence-electron chi connectivity index (χ3n) is 2.23. The Hall–Kier alpha value is -1.72. The molecule has 0 aliphatic heterocycles. The maximum Gasteiger partial charge on any atom is 0.433 e. The number of hydrogen-bond acceptors (Lipinski definition) is 5. The van der Waals surface area contributed by atoms with Crippen LogP contribution >= 0.6 is 12.2 Å². The summed E-state index contributed by atoms with van der Waals surface area (Å²) in [5.41, 5.74) is 5.92. The molecule has 0 heterocycles. The molecule has 0 aliphatic carbocycles. The number of rotatable bonds is 3. The van der Waals surface area contributed by atoms with Crippen LogP contribution in [0.25, 0.3) is 0 Å². The molecule has 0 saturated heterocycles. The molecule has 4 N–H and O–H groups in total. The monoisotopic (exact) mass is 355 g/mol. The summed E-state index contributed by atoms with van der Waals surface area (Å²) in [5.74, 6) is -1.47. The normalized spacial score (nSPS) is 12.4. The van der Waals surface area contributed by atoms with Crippen LogP contribution in [-0.4, -0.2) is 34.8 Å². The number of alkyl carbamates (subject to hydrolysis) is 1. The molecular weight excluding hydrogens is 343 g/mol. The lowest BCUT2D eigenvalue weighted by Crippen LogP contribution is -2.34. The van der Waals surface area contributed by atoms with Crippen LogP contribution in [0, 0.1) is 0 Å². The van der Waals surface area contributed by atoms with E-state index < -0.39 is 29.2 Å². The van der Waals surface area contributed by atoms with Crippen LogP contribution in [0.5, 0.6) is 0 Å². The zero-order chi connectivity index (χ0) is 16.9. The lowest BCUT2D eigenvalue weighted by Gasteiger charge is -2.15. The van der Waals surface area contributed by atoms with Gasteiger partial charge in [-0.25, -0.2) is 4.79 Å². The van der Waals surface area contributed by atoms with Gasteiger partial charge in [-0.15, -0.1) is 0 Å². The zero-order valence-corrected chi connectivity index (χ0v) is 12.8. The topological polar surface area (TPSA) is 99.4 Å². The fraction of sp³-hybridized carbons (Fsp3) is 0.273. The largest absolute Gasteiger partial charge is 0.611 e. The molecule has 0 aliphatic rings. The van der Waals surface area contributed by atoms with E-state index in [9.17, 15) is 22.5 Å². The van der Waals surface area contributed by atoms with Gasteiger partial charge in [0.15, 0.2) is 10.0 Å². The van der Waals surface area contributed by atoms with Crippen molar-refractivity contribution in [1.29, 1.82) is 0 Å². The SMILES string of the molecule is COC(=O)NC(=S)Nc1cc([S+]([O-])CC(F)(F)F)ccc1N. The summed E-state index contributed by atoms with van der Waals surface area (Å²) < 4.78 is 52.7. The Balaban J connectivity index is 2.86. The lowest BCUT2D eigenvalue weighted by molar-refractivity contribution is -0.106. The van der Waals surface area contributed by atoms with E-state index in [-0.39, 0.29) is 21.4 Å². The molecule has 1 atom stereocenters. The minimum atomic E-state index is -4.55. The average molecular weight is 355 g/mol. The Bertz CT molecular complexity index is 569. The smallest absolute Gasteiger partial charge is 0.433 e. The number of benzene rings is 1. The molecule has 22 heavy (non-hydrogen) atoms. The van der Waals surface area contributed by atoms with Gasteiger partial charge in [0.05, 0.1) is 18.5 Å². The average Bonchev–Trinajstić information content (AvgIpc) is 2.38. The number of amides is 1. The maximum atomic E-state index is 12.2. The van der Waals surface area contributed by atoms with Crippen molar-refractivity contribution in [3.8, 4) is 0 Å². The number of carbonyl (C=O) groups excluding carboxylic acids is 1. The van der Waals surface area contributed by atoms with E-state index in [1.54, 1.807) is 0 Å². The van der Waals surface area contributed by atoms with Crippen molar-refractivity contribution < 1.29 is 27.3 Å². The highest BCUT2D eigenvalue weighted by Crippen LogP contribution is 2.27. The first-order valence-corrected chi connectivity index (χ1v) is 7.35. The Morgan fingerprint density at radius 3 is 2.68 bits per heavy atom. The van der Waals surface area contributed by atoms with Crippen molar-refractivity contribution in [2.45, 2.75) is 11.1 Å². The van der Waals surface area contributed by atoms with Gasteiger partial charge in [0.25, 0.3) is 0 Å². The number of nitrogens with two attached hydrogens (primary N) is 1. The van der Waals surface area contributed by atoms with Gasteiger partial charge in [0.1, 0.15) is 0 Å². The number of alkyl halides is 3. The van der Waals surface area contributed by atoms with Crippen molar-refractivity contribution in [3.63, 3.8) is 0 Å². The van der Waals surface area contributed by atoms with E-state index >= 15 is 0 Å². The number of hydrogen-bond donors (Lipinski definition) is 3.